The van der Waals surface area contributed by atoms with Crippen molar-refractivity contribution in [3.05, 3.63) is 12.2 Å². The van der Waals surface area contributed by atoms with Crippen LogP contribution in [-0.2, 0) is 28.5 Å². The Hall–Kier alpha value is -2.31. The van der Waals surface area contributed by atoms with Gasteiger partial charge >= 0.3 is 47.7 Å². The van der Waals surface area contributed by atoms with Crippen LogP contribution in [0.25, 0.3) is 0 Å². The second-order valence-corrected chi connectivity index (χ2v) is 7.66. The molecule has 1 unspecified atom stereocenters. The smallest absolute Gasteiger partial charge is 0.438 e. The molecule has 0 aliphatic carbocycles. The Bertz CT molecular complexity index is 803. The van der Waals surface area contributed by atoms with Gasteiger partial charge in [-0.3, -0.25) is 0 Å². The highest BCUT2D eigenvalue weighted by atomic mass is 19.4. The van der Waals surface area contributed by atoms with Crippen LogP contribution in [0.5, 0.6) is 0 Å². The molecule has 0 radical (unpaired) electrons. The van der Waals surface area contributed by atoms with Crippen molar-refractivity contribution in [2.75, 3.05) is 33.0 Å². The molecule has 0 N–H and O–H groups in total. The molecular formula is C19H21F13O6. The third-order valence-electron chi connectivity index (χ3n) is 4.27. The van der Waals surface area contributed by atoms with Gasteiger partial charge in [0.25, 0.3) is 0 Å². The Morgan fingerprint density at radius 1 is 0.763 bits per heavy atom. The maximum atomic E-state index is 14.1. The van der Waals surface area contributed by atoms with Crippen molar-refractivity contribution in [3.8, 4) is 0 Å². The molecule has 0 spiro atoms. The highest BCUT2D eigenvalue weighted by Gasteiger charge is 2.90. The van der Waals surface area contributed by atoms with Gasteiger partial charge in [-0.05, 0) is 6.92 Å². The molecule has 19 heteroatoms. The average Bonchev–Trinajstić information content (AvgIpc) is 2.71. The third kappa shape index (κ3) is 8.88. The van der Waals surface area contributed by atoms with Crippen molar-refractivity contribution >= 4 is 11.9 Å². The summed E-state index contributed by atoms with van der Waals surface area (Å²) < 4.78 is 189. The van der Waals surface area contributed by atoms with Gasteiger partial charge in [-0.1, -0.05) is 6.58 Å². The zero-order valence-corrected chi connectivity index (χ0v) is 19.4. The molecule has 6 nitrogen and oxygen atoms in total. The number of carbonyl (C=O) groups is 2. The van der Waals surface area contributed by atoms with Gasteiger partial charge in [0.1, 0.15) is 12.7 Å². The van der Waals surface area contributed by atoms with E-state index < -0.39 is 80.1 Å². The van der Waals surface area contributed by atoms with E-state index in [-0.39, 0.29) is 25.7 Å². The Kier molecular flexibility index (Phi) is 11.9. The Labute approximate surface area is 206 Å². The van der Waals surface area contributed by atoms with Crippen LogP contribution in [0.4, 0.5) is 57.1 Å². The van der Waals surface area contributed by atoms with Crippen molar-refractivity contribution in [2.24, 2.45) is 0 Å². The van der Waals surface area contributed by atoms with Gasteiger partial charge < -0.3 is 18.9 Å². The first-order chi connectivity index (χ1) is 16.8. The molecule has 0 amide bonds. The highest BCUT2D eigenvalue weighted by Crippen LogP contribution is 2.60. The van der Waals surface area contributed by atoms with E-state index >= 15 is 0 Å². The summed E-state index contributed by atoms with van der Waals surface area (Å²) in [6, 6.07) is 0. The Morgan fingerprint density at radius 3 is 1.63 bits per heavy atom. The predicted octanol–water partition coefficient (Wildman–Crippen LogP) is 5.20. The van der Waals surface area contributed by atoms with Crippen LogP contribution in [-0.4, -0.2) is 86.9 Å². The number of carbonyl (C=O) groups excluding carboxylic acids is 2. The van der Waals surface area contributed by atoms with E-state index in [0.717, 1.165) is 0 Å². The SMILES string of the molecule is C=C(C)C(=O)OCCOCCOCC(CC(F)(F)C(F)(F)C(F)(C(F)(F)F)C(F)(F)F)OC(=O)C(C)(F)F. The minimum Gasteiger partial charge on any atom is -0.460 e. The quantitative estimate of drug-likeness (QED) is 0.113. The number of rotatable bonds is 15. The molecule has 0 fully saturated rings. The minimum atomic E-state index is -7.78. The van der Waals surface area contributed by atoms with E-state index in [1.54, 1.807) is 0 Å². The van der Waals surface area contributed by atoms with E-state index in [9.17, 15) is 66.7 Å². The molecule has 0 aliphatic heterocycles. The third-order valence-corrected chi connectivity index (χ3v) is 4.27. The summed E-state index contributed by atoms with van der Waals surface area (Å²) in [6.45, 7) is 1.10. The van der Waals surface area contributed by atoms with E-state index in [0.29, 0.717) is 0 Å². The molecule has 0 aromatic rings. The summed E-state index contributed by atoms with van der Waals surface area (Å²) in [7, 11) is 0. The molecule has 224 valence electrons. The second-order valence-electron chi connectivity index (χ2n) is 7.66. The van der Waals surface area contributed by atoms with Crippen molar-refractivity contribution in [1.29, 1.82) is 0 Å². The fourth-order valence-corrected chi connectivity index (χ4v) is 2.32. The monoisotopic (exact) mass is 592 g/mol. The Balaban J connectivity index is 5.53. The van der Waals surface area contributed by atoms with Gasteiger partial charge in [-0.25, -0.2) is 14.0 Å². The zero-order chi connectivity index (χ0) is 30.4. The van der Waals surface area contributed by atoms with Gasteiger partial charge in [0.05, 0.1) is 32.8 Å². The summed E-state index contributed by atoms with van der Waals surface area (Å²) in [5.41, 5.74) is -7.73. The molecular weight excluding hydrogens is 571 g/mol. The van der Waals surface area contributed by atoms with Crippen LogP contribution in [0, 0.1) is 0 Å². The van der Waals surface area contributed by atoms with Crippen molar-refractivity contribution in [2.45, 2.75) is 62.2 Å². The fraction of sp³-hybridized carbons (Fsp3) is 0.789. The second kappa shape index (κ2) is 12.7. The maximum absolute atomic E-state index is 14.1. The van der Waals surface area contributed by atoms with Crippen LogP contribution in [0.3, 0.4) is 0 Å². The van der Waals surface area contributed by atoms with Crippen LogP contribution >= 0.6 is 0 Å². The Morgan fingerprint density at radius 2 is 1.21 bits per heavy atom. The first-order valence-corrected chi connectivity index (χ1v) is 9.98. The standard InChI is InChI=1S/C19H21F13O6/c1-10(2)12(33)37-7-6-35-4-5-36-9-11(38-13(34)14(3,20)21)8-15(22,23)17(25,26)16(24,18(27,28)29)19(30,31)32/h11H,1,4-9H2,2-3H3. The number of esters is 2. The maximum Gasteiger partial charge on any atom is 0.438 e. The lowest BCUT2D eigenvalue weighted by atomic mass is 9.88. The molecule has 0 saturated heterocycles. The molecule has 0 aromatic carbocycles. The van der Waals surface area contributed by atoms with Gasteiger partial charge in [-0.15, -0.1) is 0 Å². The lowest BCUT2D eigenvalue weighted by molar-refractivity contribution is -0.428. The number of alkyl halides is 13. The fourth-order valence-electron chi connectivity index (χ4n) is 2.32. The van der Waals surface area contributed by atoms with Gasteiger partial charge in [0, 0.05) is 12.5 Å². The lowest BCUT2D eigenvalue weighted by Crippen LogP contribution is -2.70. The number of halogens is 13. The van der Waals surface area contributed by atoms with E-state index in [2.05, 4.69) is 20.8 Å². The van der Waals surface area contributed by atoms with Crippen molar-refractivity contribution in [1.82, 2.24) is 0 Å². The van der Waals surface area contributed by atoms with E-state index in [4.69, 9.17) is 4.74 Å². The average molecular weight is 592 g/mol. The molecule has 0 aliphatic rings. The van der Waals surface area contributed by atoms with Gasteiger partial charge in [0.15, 0.2) is 0 Å². The van der Waals surface area contributed by atoms with Crippen LogP contribution < -0.4 is 0 Å². The summed E-state index contributed by atoms with van der Waals surface area (Å²) in [5, 5.41) is 0. The highest BCUT2D eigenvalue weighted by molar-refractivity contribution is 5.86. The number of hydrogen-bond donors (Lipinski definition) is 0. The van der Waals surface area contributed by atoms with Gasteiger partial charge in [0.2, 0.25) is 0 Å². The molecule has 0 rings (SSSR count). The molecule has 0 saturated carbocycles. The summed E-state index contributed by atoms with van der Waals surface area (Å²) in [6.07, 6.45) is -21.2. The van der Waals surface area contributed by atoms with E-state index in [1.807, 2.05) is 0 Å². The number of ether oxygens (including phenoxy) is 4. The summed E-state index contributed by atoms with van der Waals surface area (Å²) in [5.74, 6) is -22.1. The van der Waals surface area contributed by atoms with Crippen molar-refractivity contribution < 1.29 is 85.6 Å². The van der Waals surface area contributed by atoms with Crippen LogP contribution in [0.2, 0.25) is 0 Å². The van der Waals surface area contributed by atoms with Crippen LogP contribution in [0.1, 0.15) is 20.3 Å². The first-order valence-electron chi connectivity index (χ1n) is 9.98. The minimum absolute atomic E-state index is 0.0458. The molecule has 38 heavy (non-hydrogen) atoms. The molecule has 0 heterocycles. The number of hydrogen-bond acceptors (Lipinski definition) is 6. The summed E-state index contributed by atoms with van der Waals surface area (Å²) >= 11 is 0. The topological polar surface area (TPSA) is 71.1 Å². The summed E-state index contributed by atoms with van der Waals surface area (Å²) in [4.78, 5) is 22.4. The predicted molar refractivity (Wildman–Crippen MR) is 98.4 cm³/mol. The molecule has 1 atom stereocenters. The first kappa shape index (κ1) is 35.7. The van der Waals surface area contributed by atoms with E-state index in [1.165, 1.54) is 6.92 Å². The largest absolute Gasteiger partial charge is 0.460 e. The van der Waals surface area contributed by atoms with Crippen molar-refractivity contribution in [3.63, 3.8) is 0 Å². The van der Waals surface area contributed by atoms with Gasteiger partial charge in [-0.2, -0.15) is 52.7 Å². The normalized spacial score (nSPS) is 14.7. The van der Waals surface area contributed by atoms with Crippen LogP contribution in [0.15, 0.2) is 12.2 Å². The zero-order valence-electron chi connectivity index (χ0n) is 19.4. The molecule has 0 bridgehead atoms. The lowest BCUT2D eigenvalue weighted by Gasteiger charge is -2.40. The molecule has 0 aromatic heterocycles.